The zero-order valence-corrected chi connectivity index (χ0v) is 13.4. The van der Waals surface area contributed by atoms with Gasteiger partial charge in [0.1, 0.15) is 6.04 Å². The zero-order chi connectivity index (χ0) is 18.6. The maximum atomic E-state index is 13.5. The lowest BCUT2D eigenvalue weighted by Gasteiger charge is -2.14. The van der Waals surface area contributed by atoms with Gasteiger partial charge >= 0.3 is 0 Å². The number of halogens is 3. The van der Waals surface area contributed by atoms with Crippen LogP contribution in [-0.2, 0) is 16.6 Å². The second-order valence-electron chi connectivity index (χ2n) is 5.16. The Hall–Kier alpha value is -2.88. The van der Waals surface area contributed by atoms with Crippen molar-refractivity contribution in [3.05, 3.63) is 47.5 Å². The van der Waals surface area contributed by atoms with Gasteiger partial charge in [0.05, 0.1) is 18.4 Å². The second kappa shape index (κ2) is 7.79. The van der Waals surface area contributed by atoms with Crippen molar-refractivity contribution >= 4 is 17.5 Å². The molecule has 2 aromatic rings. The Balaban J connectivity index is 1.95. The van der Waals surface area contributed by atoms with Crippen molar-refractivity contribution in [2.24, 2.45) is 7.05 Å². The standard InChI is InChI=1S/C15H16F3N5O2/c1-19-14(8-5-21-23(2)7-8)15(25)20-6-11(24)22-10-4-3-9(16)12(17)13(10)18/h3-5,7,14,19H,6H2,1-2H3,(H,20,25)(H,22,24). The first-order valence-corrected chi connectivity index (χ1v) is 7.20. The Morgan fingerprint density at radius 1 is 1.24 bits per heavy atom. The number of rotatable bonds is 6. The lowest BCUT2D eigenvalue weighted by molar-refractivity contribution is -0.125. The summed E-state index contributed by atoms with van der Waals surface area (Å²) in [5, 5.41) is 11.2. The molecule has 0 spiro atoms. The monoisotopic (exact) mass is 355 g/mol. The van der Waals surface area contributed by atoms with Gasteiger partial charge in [-0.15, -0.1) is 0 Å². The van der Waals surface area contributed by atoms with Crippen LogP contribution in [0, 0.1) is 17.5 Å². The Morgan fingerprint density at radius 3 is 2.56 bits per heavy atom. The van der Waals surface area contributed by atoms with Crippen LogP contribution >= 0.6 is 0 Å². The lowest BCUT2D eigenvalue weighted by atomic mass is 10.1. The predicted octanol–water partition coefficient (Wildman–Crippen LogP) is 0.853. The largest absolute Gasteiger partial charge is 0.345 e. The summed E-state index contributed by atoms with van der Waals surface area (Å²) in [5.74, 6) is -5.86. The molecule has 2 rings (SSSR count). The number of amides is 2. The van der Waals surface area contributed by atoms with Crippen LogP contribution in [0.3, 0.4) is 0 Å². The van der Waals surface area contributed by atoms with Crippen LogP contribution in [0.5, 0.6) is 0 Å². The van der Waals surface area contributed by atoms with Gasteiger partial charge < -0.3 is 16.0 Å². The van der Waals surface area contributed by atoms with E-state index in [1.165, 1.54) is 10.9 Å². The molecule has 0 saturated heterocycles. The molecular weight excluding hydrogens is 339 g/mol. The Kier molecular flexibility index (Phi) is 5.75. The summed E-state index contributed by atoms with van der Waals surface area (Å²) in [6.45, 7) is -0.476. The van der Waals surface area contributed by atoms with Gasteiger partial charge in [-0.3, -0.25) is 14.3 Å². The van der Waals surface area contributed by atoms with E-state index in [1.807, 2.05) is 0 Å². The third-order valence-corrected chi connectivity index (χ3v) is 3.34. The second-order valence-corrected chi connectivity index (χ2v) is 5.16. The van der Waals surface area contributed by atoms with E-state index in [4.69, 9.17) is 0 Å². The highest BCUT2D eigenvalue weighted by Crippen LogP contribution is 2.19. The van der Waals surface area contributed by atoms with Crippen LogP contribution < -0.4 is 16.0 Å². The predicted molar refractivity (Wildman–Crippen MR) is 83.0 cm³/mol. The molecule has 1 aromatic carbocycles. The maximum Gasteiger partial charge on any atom is 0.243 e. The third kappa shape index (κ3) is 4.35. The first-order chi connectivity index (χ1) is 11.8. The molecule has 2 amide bonds. The number of nitrogens with one attached hydrogen (secondary N) is 3. The van der Waals surface area contributed by atoms with E-state index >= 15 is 0 Å². The van der Waals surface area contributed by atoms with Gasteiger partial charge in [0.15, 0.2) is 17.5 Å². The normalized spacial score (nSPS) is 11.9. The molecule has 1 atom stereocenters. The van der Waals surface area contributed by atoms with Gasteiger partial charge in [-0.1, -0.05) is 0 Å². The Morgan fingerprint density at radius 2 is 1.96 bits per heavy atom. The molecule has 0 fully saturated rings. The molecule has 0 aliphatic heterocycles. The van der Waals surface area contributed by atoms with Crippen molar-refractivity contribution < 1.29 is 22.8 Å². The number of carbonyl (C=O) groups excluding carboxylic acids is 2. The minimum Gasteiger partial charge on any atom is -0.345 e. The fourth-order valence-electron chi connectivity index (χ4n) is 2.12. The first kappa shape index (κ1) is 18.5. The summed E-state index contributed by atoms with van der Waals surface area (Å²) in [6.07, 6.45) is 3.13. The molecule has 1 heterocycles. The summed E-state index contributed by atoms with van der Waals surface area (Å²) < 4.78 is 41.0. The van der Waals surface area contributed by atoms with Gasteiger partial charge in [-0.05, 0) is 19.2 Å². The number of hydrogen-bond acceptors (Lipinski definition) is 4. The van der Waals surface area contributed by atoms with Gasteiger partial charge in [0, 0.05) is 18.8 Å². The molecule has 10 heteroatoms. The number of benzene rings is 1. The average Bonchev–Trinajstić information content (AvgIpc) is 3.00. The van der Waals surface area contributed by atoms with E-state index in [9.17, 15) is 22.8 Å². The van der Waals surface area contributed by atoms with Gasteiger partial charge in [0.2, 0.25) is 11.8 Å². The van der Waals surface area contributed by atoms with Crippen LogP contribution in [0.4, 0.5) is 18.9 Å². The average molecular weight is 355 g/mol. The maximum absolute atomic E-state index is 13.5. The number of aryl methyl sites for hydroxylation is 1. The minimum absolute atomic E-state index is 0.476. The molecule has 3 N–H and O–H groups in total. The molecule has 1 unspecified atom stereocenters. The quantitative estimate of drug-likeness (QED) is 0.671. The van der Waals surface area contributed by atoms with Crippen molar-refractivity contribution in [3.63, 3.8) is 0 Å². The third-order valence-electron chi connectivity index (χ3n) is 3.34. The molecule has 0 bridgehead atoms. The van der Waals surface area contributed by atoms with Gasteiger partial charge in [-0.2, -0.15) is 5.10 Å². The van der Waals surface area contributed by atoms with Crippen molar-refractivity contribution in [2.45, 2.75) is 6.04 Å². The molecule has 7 nitrogen and oxygen atoms in total. The van der Waals surface area contributed by atoms with Gasteiger partial charge in [-0.25, -0.2) is 13.2 Å². The zero-order valence-electron chi connectivity index (χ0n) is 13.4. The molecule has 0 radical (unpaired) electrons. The van der Waals surface area contributed by atoms with E-state index in [0.29, 0.717) is 11.6 Å². The first-order valence-electron chi connectivity index (χ1n) is 7.20. The molecule has 134 valence electrons. The van der Waals surface area contributed by atoms with E-state index in [1.54, 1.807) is 20.3 Å². The SMILES string of the molecule is CNC(C(=O)NCC(=O)Nc1ccc(F)c(F)c1F)c1cnn(C)c1. The number of likely N-dealkylation sites (N-methyl/N-ethyl adjacent to an activating group) is 1. The van der Waals surface area contributed by atoms with Crippen LogP contribution in [0.1, 0.15) is 11.6 Å². The summed E-state index contributed by atoms with van der Waals surface area (Å²) in [5.41, 5.74) is 0.0742. The fraction of sp³-hybridized carbons (Fsp3) is 0.267. The Bertz CT molecular complexity index is 793. The van der Waals surface area contributed by atoms with E-state index in [0.717, 1.165) is 6.07 Å². The topological polar surface area (TPSA) is 88.1 Å². The number of hydrogen-bond donors (Lipinski definition) is 3. The van der Waals surface area contributed by atoms with Gasteiger partial charge in [0.25, 0.3) is 0 Å². The summed E-state index contributed by atoms with van der Waals surface area (Å²) in [7, 11) is 3.26. The van der Waals surface area contributed by atoms with E-state index < -0.39 is 47.5 Å². The smallest absolute Gasteiger partial charge is 0.243 e. The Labute approximate surface area is 141 Å². The van der Waals surface area contributed by atoms with Crippen LogP contribution in [0.15, 0.2) is 24.5 Å². The summed E-state index contributed by atoms with van der Waals surface area (Å²) in [4.78, 5) is 23.9. The molecule has 1 aromatic heterocycles. The minimum atomic E-state index is -1.69. The van der Waals surface area contributed by atoms with Crippen LogP contribution in [0.25, 0.3) is 0 Å². The van der Waals surface area contributed by atoms with Crippen LogP contribution in [-0.4, -0.2) is 35.2 Å². The fourth-order valence-corrected chi connectivity index (χ4v) is 2.12. The summed E-state index contributed by atoms with van der Waals surface area (Å²) in [6, 6.07) is 0.840. The molecule has 0 aliphatic carbocycles. The molecule has 0 saturated carbocycles. The highest BCUT2D eigenvalue weighted by Gasteiger charge is 2.21. The van der Waals surface area contributed by atoms with Crippen molar-refractivity contribution in [1.29, 1.82) is 0 Å². The van der Waals surface area contributed by atoms with Crippen molar-refractivity contribution in [1.82, 2.24) is 20.4 Å². The summed E-state index contributed by atoms with van der Waals surface area (Å²) >= 11 is 0. The lowest BCUT2D eigenvalue weighted by Crippen LogP contribution is -2.40. The molecule has 0 aliphatic rings. The number of aromatic nitrogens is 2. The van der Waals surface area contributed by atoms with E-state index in [-0.39, 0.29) is 0 Å². The van der Waals surface area contributed by atoms with Crippen molar-refractivity contribution in [3.8, 4) is 0 Å². The highest BCUT2D eigenvalue weighted by atomic mass is 19.2. The highest BCUT2D eigenvalue weighted by molar-refractivity contribution is 5.95. The number of carbonyl (C=O) groups is 2. The number of anilines is 1. The van der Waals surface area contributed by atoms with Crippen LogP contribution in [0.2, 0.25) is 0 Å². The van der Waals surface area contributed by atoms with Crippen molar-refractivity contribution in [2.75, 3.05) is 18.9 Å². The molecular formula is C15H16F3N5O2. The number of nitrogens with zero attached hydrogens (tertiary/aromatic N) is 2. The molecule has 25 heavy (non-hydrogen) atoms. The van der Waals surface area contributed by atoms with E-state index in [2.05, 4.69) is 21.0 Å².